The summed E-state index contributed by atoms with van der Waals surface area (Å²) in [5, 5.41) is 3.50. The molecule has 0 saturated heterocycles. The van der Waals surface area contributed by atoms with Gasteiger partial charge >= 0.3 is 0 Å². The van der Waals surface area contributed by atoms with Crippen LogP contribution in [0.4, 0.5) is 0 Å². The summed E-state index contributed by atoms with van der Waals surface area (Å²) in [6, 6.07) is 24.1. The number of aryl methyl sites for hydroxylation is 1. The molecular formula is C24H27NO3. The second-order valence-corrected chi connectivity index (χ2v) is 6.49. The highest BCUT2D eigenvalue weighted by Gasteiger charge is 2.11. The van der Waals surface area contributed by atoms with Gasteiger partial charge in [0.15, 0.2) is 11.5 Å². The molecule has 0 unspecified atom stereocenters. The van der Waals surface area contributed by atoms with Crippen LogP contribution >= 0.6 is 0 Å². The Bertz CT molecular complexity index is 865. The van der Waals surface area contributed by atoms with E-state index in [1.165, 1.54) is 11.1 Å². The number of hydrogen-bond acceptors (Lipinski definition) is 4. The van der Waals surface area contributed by atoms with Crippen molar-refractivity contribution >= 4 is 0 Å². The fourth-order valence-corrected chi connectivity index (χ4v) is 2.99. The van der Waals surface area contributed by atoms with Gasteiger partial charge in [0.25, 0.3) is 0 Å². The van der Waals surface area contributed by atoms with Crippen molar-refractivity contribution in [1.82, 2.24) is 5.32 Å². The Balaban J connectivity index is 1.57. The topological polar surface area (TPSA) is 39.7 Å². The van der Waals surface area contributed by atoms with Crippen LogP contribution in [0.5, 0.6) is 17.2 Å². The quantitative estimate of drug-likeness (QED) is 0.518. The van der Waals surface area contributed by atoms with Gasteiger partial charge < -0.3 is 19.5 Å². The third-order valence-corrected chi connectivity index (χ3v) is 4.51. The molecular weight excluding hydrogens is 350 g/mol. The molecule has 1 N–H and O–H groups in total. The molecule has 0 aromatic heterocycles. The first-order valence-corrected chi connectivity index (χ1v) is 9.49. The lowest BCUT2D eigenvalue weighted by Crippen LogP contribution is -2.16. The highest BCUT2D eigenvalue weighted by molar-refractivity contribution is 5.46. The summed E-state index contributed by atoms with van der Waals surface area (Å²) in [6.45, 7) is 4.54. The zero-order chi connectivity index (χ0) is 19.6. The van der Waals surface area contributed by atoms with E-state index in [0.717, 1.165) is 29.4 Å². The lowest BCUT2D eigenvalue weighted by molar-refractivity contribution is 0.209. The number of benzene rings is 3. The highest BCUT2D eigenvalue weighted by atomic mass is 16.5. The molecule has 0 spiro atoms. The third-order valence-electron chi connectivity index (χ3n) is 4.51. The van der Waals surface area contributed by atoms with E-state index in [9.17, 15) is 0 Å². The highest BCUT2D eigenvalue weighted by Crippen LogP contribution is 2.31. The molecule has 146 valence electrons. The van der Waals surface area contributed by atoms with Crippen molar-refractivity contribution in [2.75, 3.05) is 20.3 Å². The first kappa shape index (κ1) is 19.8. The molecule has 0 aliphatic heterocycles. The average Bonchev–Trinajstić information content (AvgIpc) is 2.74. The molecule has 4 heteroatoms. The molecule has 0 radical (unpaired) electrons. The monoisotopic (exact) mass is 377 g/mol. The number of rotatable bonds is 10. The van der Waals surface area contributed by atoms with Gasteiger partial charge in [-0.2, -0.15) is 0 Å². The van der Waals surface area contributed by atoms with Crippen LogP contribution in [-0.2, 0) is 13.1 Å². The van der Waals surface area contributed by atoms with Gasteiger partial charge in [-0.1, -0.05) is 54.6 Å². The number of para-hydroxylation sites is 2. The van der Waals surface area contributed by atoms with Crippen LogP contribution in [0, 0.1) is 6.92 Å². The smallest absolute Gasteiger partial charge is 0.165 e. The maximum Gasteiger partial charge on any atom is 0.165 e. The van der Waals surface area contributed by atoms with E-state index in [1.807, 2.05) is 42.5 Å². The molecule has 28 heavy (non-hydrogen) atoms. The molecule has 0 saturated carbocycles. The summed E-state index contributed by atoms with van der Waals surface area (Å²) in [6.07, 6.45) is 0. The lowest BCUT2D eigenvalue weighted by Gasteiger charge is -2.16. The van der Waals surface area contributed by atoms with E-state index < -0.39 is 0 Å². The largest absolute Gasteiger partial charge is 0.493 e. The van der Waals surface area contributed by atoms with Gasteiger partial charge in [-0.3, -0.25) is 0 Å². The molecule has 3 aromatic carbocycles. The van der Waals surface area contributed by atoms with Crippen LogP contribution in [0.2, 0.25) is 0 Å². The van der Waals surface area contributed by atoms with Crippen LogP contribution in [0.15, 0.2) is 72.8 Å². The number of methoxy groups -OCH3 is 1. The average molecular weight is 377 g/mol. The van der Waals surface area contributed by atoms with Gasteiger partial charge in [-0.05, 0) is 36.2 Å². The standard InChI is InChI=1S/C24H27NO3/c1-19-9-6-7-10-20(19)17-25-18-21-11-8-14-23(26-2)24(21)28-16-15-27-22-12-4-3-5-13-22/h3-14,25H,15-18H2,1-2H3. The molecule has 4 nitrogen and oxygen atoms in total. The van der Waals surface area contributed by atoms with Crippen LogP contribution in [0.3, 0.4) is 0 Å². The van der Waals surface area contributed by atoms with Crippen molar-refractivity contribution in [3.63, 3.8) is 0 Å². The van der Waals surface area contributed by atoms with Gasteiger partial charge in [0.05, 0.1) is 7.11 Å². The summed E-state index contributed by atoms with van der Waals surface area (Å²) in [7, 11) is 1.66. The fraction of sp³-hybridized carbons (Fsp3) is 0.250. The van der Waals surface area contributed by atoms with Crippen molar-refractivity contribution in [2.24, 2.45) is 0 Å². The number of hydrogen-bond donors (Lipinski definition) is 1. The predicted octanol–water partition coefficient (Wildman–Crippen LogP) is 4.75. The van der Waals surface area contributed by atoms with Crippen LogP contribution < -0.4 is 19.5 Å². The summed E-state index contributed by atoms with van der Waals surface area (Å²) in [5.41, 5.74) is 3.65. The first-order valence-electron chi connectivity index (χ1n) is 9.49. The Labute approximate surface area is 167 Å². The van der Waals surface area contributed by atoms with Crippen LogP contribution in [-0.4, -0.2) is 20.3 Å². The summed E-state index contributed by atoms with van der Waals surface area (Å²) in [5.74, 6) is 2.33. The maximum atomic E-state index is 6.02. The zero-order valence-electron chi connectivity index (χ0n) is 16.5. The number of ether oxygens (including phenoxy) is 3. The van der Waals surface area contributed by atoms with E-state index in [2.05, 4.69) is 42.6 Å². The van der Waals surface area contributed by atoms with E-state index in [4.69, 9.17) is 14.2 Å². The fourth-order valence-electron chi connectivity index (χ4n) is 2.99. The normalized spacial score (nSPS) is 10.5. The Morgan fingerprint density at radius 2 is 1.39 bits per heavy atom. The molecule has 0 bridgehead atoms. The second kappa shape index (κ2) is 10.4. The Morgan fingerprint density at radius 3 is 2.18 bits per heavy atom. The lowest BCUT2D eigenvalue weighted by atomic mass is 10.1. The molecule has 0 aliphatic carbocycles. The molecule has 0 amide bonds. The van der Waals surface area contributed by atoms with Crippen molar-refractivity contribution in [3.05, 3.63) is 89.5 Å². The van der Waals surface area contributed by atoms with Crippen LogP contribution in [0.1, 0.15) is 16.7 Å². The minimum absolute atomic E-state index is 0.445. The van der Waals surface area contributed by atoms with E-state index >= 15 is 0 Å². The Hall–Kier alpha value is -2.98. The summed E-state index contributed by atoms with van der Waals surface area (Å²) >= 11 is 0. The molecule has 3 rings (SSSR count). The molecule has 0 atom stereocenters. The zero-order valence-corrected chi connectivity index (χ0v) is 16.5. The minimum Gasteiger partial charge on any atom is -0.493 e. The maximum absolute atomic E-state index is 6.02. The SMILES string of the molecule is COc1cccc(CNCc2ccccc2C)c1OCCOc1ccccc1. The van der Waals surface area contributed by atoms with Crippen molar-refractivity contribution in [2.45, 2.75) is 20.0 Å². The van der Waals surface area contributed by atoms with Gasteiger partial charge in [-0.25, -0.2) is 0 Å². The third kappa shape index (κ3) is 5.51. The molecule has 3 aromatic rings. The predicted molar refractivity (Wildman–Crippen MR) is 112 cm³/mol. The van der Waals surface area contributed by atoms with E-state index in [1.54, 1.807) is 7.11 Å². The Morgan fingerprint density at radius 1 is 0.714 bits per heavy atom. The van der Waals surface area contributed by atoms with Crippen molar-refractivity contribution < 1.29 is 14.2 Å². The van der Waals surface area contributed by atoms with Crippen molar-refractivity contribution in [1.29, 1.82) is 0 Å². The summed E-state index contributed by atoms with van der Waals surface area (Å²) in [4.78, 5) is 0. The van der Waals surface area contributed by atoms with E-state index in [-0.39, 0.29) is 0 Å². The number of nitrogens with one attached hydrogen (secondary N) is 1. The second-order valence-electron chi connectivity index (χ2n) is 6.49. The van der Waals surface area contributed by atoms with Gasteiger partial charge in [-0.15, -0.1) is 0 Å². The first-order chi connectivity index (χ1) is 13.8. The van der Waals surface area contributed by atoms with Gasteiger partial charge in [0.1, 0.15) is 19.0 Å². The molecule has 0 fully saturated rings. The molecule has 0 aliphatic rings. The van der Waals surface area contributed by atoms with E-state index in [0.29, 0.717) is 19.8 Å². The van der Waals surface area contributed by atoms with Gasteiger partial charge in [0.2, 0.25) is 0 Å². The molecule has 0 heterocycles. The minimum atomic E-state index is 0.445. The van der Waals surface area contributed by atoms with Crippen molar-refractivity contribution in [3.8, 4) is 17.2 Å². The Kier molecular flexibility index (Phi) is 7.33. The summed E-state index contributed by atoms with van der Waals surface area (Å²) < 4.78 is 17.2. The van der Waals surface area contributed by atoms with Gasteiger partial charge in [0, 0.05) is 18.7 Å². The van der Waals surface area contributed by atoms with Crippen LogP contribution in [0.25, 0.3) is 0 Å².